The van der Waals surface area contributed by atoms with Crippen molar-refractivity contribution in [1.82, 2.24) is 20.4 Å². The number of aromatic hydroxyl groups is 1. The summed E-state index contributed by atoms with van der Waals surface area (Å²) < 4.78 is 26.6. The molecule has 2 unspecified atom stereocenters. The number of carboxylic acids is 4. The summed E-state index contributed by atoms with van der Waals surface area (Å²) >= 11 is 3.18. The van der Waals surface area contributed by atoms with Crippen molar-refractivity contribution in [2.45, 2.75) is 57.6 Å². The van der Waals surface area contributed by atoms with Crippen LogP contribution < -0.4 is 21.0 Å². The van der Waals surface area contributed by atoms with Crippen LogP contribution in [-0.4, -0.2) is 123 Å². The van der Waals surface area contributed by atoms with Crippen molar-refractivity contribution >= 4 is 75.1 Å². The molecule has 0 aliphatic carbocycles. The van der Waals surface area contributed by atoms with E-state index in [2.05, 4.69) is 15.9 Å². The minimum absolute atomic E-state index is 0.0268. The number of carbonyl (C=O) groups is 8. The molecule has 0 aliphatic rings. The molecule has 0 aliphatic heterocycles. The van der Waals surface area contributed by atoms with E-state index in [9.17, 15) is 58.5 Å². The number of alkyl carbamates (subject to hydrolysis) is 2. The van der Waals surface area contributed by atoms with Gasteiger partial charge in [0.05, 0.1) is 4.47 Å². The summed E-state index contributed by atoms with van der Waals surface area (Å²) in [5.41, 5.74) is -0.474. The number of hydrogen-bond acceptors (Lipinski definition) is 15. The Bertz CT molecular complexity index is 2100. The first kappa shape index (κ1) is 47.3. The first-order chi connectivity index (χ1) is 28.2. The van der Waals surface area contributed by atoms with Gasteiger partial charge in [-0.05, 0) is 34.8 Å². The van der Waals surface area contributed by atoms with Crippen molar-refractivity contribution in [1.29, 1.82) is 0 Å². The van der Waals surface area contributed by atoms with Gasteiger partial charge in [0.25, 0.3) is 0 Å². The van der Waals surface area contributed by atoms with E-state index < -0.39 is 105 Å². The molecule has 324 valence electrons. The molecular formula is C36H39BrN4O19. The van der Waals surface area contributed by atoms with Crippen LogP contribution in [0.25, 0.3) is 11.0 Å². The minimum Gasteiger partial charge on any atom is -0.507 e. The van der Waals surface area contributed by atoms with Crippen LogP contribution in [0, 0.1) is 0 Å². The number of amides is 4. The fourth-order valence-electron chi connectivity index (χ4n) is 4.95. The molecule has 0 spiro atoms. The Hall–Kier alpha value is -7.11. The Labute approximate surface area is 346 Å². The second-order valence-corrected chi connectivity index (χ2v) is 13.5. The Balaban J connectivity index is 1.73. The number of carbonyl (C=O) groups excluding carboxylic acids is 4. The highest BCUT2D eigenvalue weighted by atomic mass is 79.9. The predicted molar refractivity (Wildman–Crippen MR) is 203 cm³/mol. The van der Waals surface area contributed by atoms with Gasteiger partial charge >= 0.3 is 53.9 Å². The van der Waals surface area contributed by atoms with Gasteiger partial charge < -0.3 is 69.3 Å². The molecule has 23 nitrogen and oxygen atoms in total. The number of nitrogens with zero attached hydrogens (tertiary/aromatic N) is 2. The van der Waals surface area contributed by atoms with Crippen molar-refractivity contribution in [3.63, 3.8) is 0 Å². The quantitative estimate of drug-likeness (QED) is 0.0632. The van der Waals surface area contributed by atoms with Crippen LogP contribution in [0.3, 0.4) is 0 Å². The maximum atomic E-state index is 13.3. The molecule has 24 heteroatoms. The number of likely N-dealkylation sites (N-methyl/N-ethyl adjacent to an activating group) is 2. The van der Waals surface area contributed by atoms with Crippen LogP contribution in [-0.2, 0) is 53.2 Å². The molecule has 0 saturated carbocycles. The largest absolute Gasteiger partial charge is 0.507 e. The van der Waals surface area contributed by atoms with Crippen LogP contribution in [0.2, 0.25) is 0 Å². The molecule has 2 aromatic carbocycles. The standard InChI is InChI=1S/C36H39BrN4O19/c1-40(35(54)58-17-20-12-29(47)59-26-14-25(42)22(37)13-21(20)26)10-11-41(2)36(55)60-30-18(15-56-33(52)38-23(31(48)49)6-8-27(43)44)4-3-5-19(30)16-57-34(53)39-24(32(50)51)7-9-28(45)46/h3-5,12-14,23-24,42H,6-11,15-17H2,1-2H3,(H,38,52)(H,39,53)(H,43,44)(H,45,46)(H,48,49)(H,50,51). The first-order valence-electron chi connectivity index (χ1n) is 17.4. The molecule has 1 aromatic heterocycles. The average molecular weight is 912 g/mol. The van der Waals surface area contributed by atoms with Gasteiger partial charge in [0.15, 0.2) is 0 Å². The zero-order chi connectivity index (χ0) is 44.7. The SMILES string of the molecule is CN(CCN(C)C(=O)Oc1c(COC(=O)NC(CCC(=O)O)C(=O)O)cccc1COC(=O)NC(CCC(=O)O)C(=O)O)C(=O)OCc1cc(=O)oc2cc(O)c(Br)cc12. The lowest BCUT2D eigenvalue weighted by Crippen LogP contribution is -2.41. The second-order valence-electron chi connectivity index (χ2n) is 12.6. The Kier molecular flexibility index (Phi) is 17.4. The van der Waals surface area contributed by atoms with Crippen LogP contribution in [0.15, 0.2) is 50.1 Å². The number of hydrogen-bond donors (Lipinski definition) is 7. The Morgan fingerprint density at radius 1 is 0.717 bits per heavy atom. The third kappa shape index (κ3) is 14.7. The number of rotatable bonds is 20. The normalized spacial score (nSPS) is 11.7. The van der Waals surface area contributed by atoms with Gasteiger partial charge in [-0.15, -0.1) is 0 Å². The lowest BCUT2D eigenvalue weighted by atomic mass is 10.1. The van der Waals surface area contributed by atoms with Gasteiger partial charge in [0.1, 0.15) is 49.0 Å². The summed E-state index contributed by atoms with van der Waals surface area (Å²) in [6.07, 6.45) is -6.57. The number of ether oxygens (including phenoxy) is 4. The predicted octanol–water partition coefficient (Wildman–Crippen LogP) is 3.05. The summed E-state index contributed by atoms with van der Waals surface area (Å²) in [5, 5.41) is 50.8. The smallest absolute Gasteiger partial charge is 0.415 e. The van der Waals surface area contributed by atoms with E-state index in [0.717, 1.165) is 15.9 Å². The second kappa shape index (κ2) is 22.2. The molecule has 0 fully saturated rings. The average Bonchev–Trinajstić information content (AvgIpc) is 3.17. The number of aliphatic carboxylic acids is 4. The molecule has 1 heterocycles. The first-order valence-corrected chi connectivity index (χ1v) is 18.2. The summed E-state index contributed by atoms with van der Waals surface area (Å²) in [7, 11) is 2.66. The summed E-state index contributed by atoms with van der Waals surface area (Å²) in [4.78, 5) is 110. The molecule has 0 saturated heterocycles. The van der Waals surface area contributed by atoms with Crippen LogP contribution in [0.4, 0.5) is 19.2 Å². The number of phenolic OH excluding ortho intramolecular Hbond substituents is 1. The van der Waals surface area contributed by atoms with Gasteiger partial charge in [-0.1, -0.05) is 18.2 Å². The van der Waals surface area contributed by atoms with Gasteiger partial charge in [0, 0.05) is 74.2 Å². The number of benzene rings is 2. The van der Waals surface area contributed by atoms with Crippen molar-refractivity contribution in [2.24, 2.45) is 0 Å². The van der Waals surface area contributed by atoms with Crippen LogP contribution in [0.5, 0.6) is 11.5 Å². The molecule has 0 bridgehead atoms. The highest BCUT2D eigenvalue weighted by Gasteiger charge is 2.25. The molecule has 7 N–H and O–H groups in total. The molecule has 3 rings (SSSR count). The van der Waals surface area contributed by atoms with E-state index in [1.165, 1.54) is 44.4 Å². The van der Waals surface area contributed by atoms with Crippen molar-refractivity contribution in [3.05, 3.63) is 68.0 Å². The zero-order valence-electron chi connectivity index (χ0n) is 31.7. The van der Waals surface area contributed by atoms with E-state index in [1.54, 1.807) is 0 Å². The maximum Gasteiger partial charge on any atom is 0.415 e. The topological polar surface area (TPSA) is 335 Å². The Morgan fingerprint density at radius 2 is 1.20 bits per heavy atom. The highest BCUT2D eigenvalue weighted by molar-refractivity contribution is 9.10. The summed E-state index contributed by atoms with van der Waals surface area (Å²) in [6.45, 7) is -2.00. The Morgan fingerprint density at radius 3 is 1.68 bits per heavy atom. The molecule has 2 atom stereocenters. The van der Waals surface area contributed by atoms with Crippen molar-refractivity contribution < 1.29 is 87.3 Å². The van der Waals surface area contributed by atoms with E-state index in [1.807, 2.05) is 10.6 Å². The molecule has 4 amide bonds. The van der Waals surface area contributed by atoms with E-state index in [-0.39, 0.29) is 53.5 Å². The van der Waals surface area contributed by atoms with Crippen LogP contribution >= 0.6 is 15.9 Å². The van der Waals surface area contributed by atoms with Crippen molar-refractivity contribution in [3.8, 4) is 11.5 Å². The lowest BCUT2D eigenvalue weighted by molar-refractivity contribution is -0.142. The zero-order valence-corrected chi connectivity index (χ0v) is 33.3. The maximum absolute atomic E-state index is 13.3. The molecular weight excluding hydrogens is 872 g/mol. The molecule has 60 heavy (non-hydrogen) atoms. The molecule has 0 radical (unpaired) electrons. The van der Waals surface area contributed by atoms with Gasteiger partial charge in [-0.3, -0.25) is 9.59 Å². The highest BCUT2D eigenvalue weighted by Crippen LogP contribution is 2.31. The minimum atomic E-state index is -1.63. The monoisotopic (exact) mass is 910 g/mol. The fraction of sp³-hybridized carbons (Fsp3) is 0.361. The number of nitrogens with one attached hydrogen (secondary N) is 2. The number of carboxylic acid groups (broad SMARTS) is 4. The number of halogens is 1. The molecule has 3 aromatic rings. The fourth-order valence-corrected chi connectivity index (χ4v) is 5.30. The van der Waals surface area contributed by atoms with E-state index in [4.69, 9.17) is 33.6 Å². The number of para-hydroxylation sites is 1. The summed E-state index contributed by atoms with van der Waals surface area (Å²) in [5.74, 6) is -6.19. The van der Waals surface area contributed by atoms with Gasteiger partial charge in [-0.25, -0.2) is 33.6 Å². The third-order valence-corrected chi connectivity index (χ3v) is 8.84. The van der Waals surface area contributed by atoms with E-state index in [0.29, 0.717) is 9.86 Å². The number of fused-ring (bicyclic) bond motifs is 1. The summed E-state index contributed by atoms with van der Waals surface area (Å²) in [6, 6.07) is 4.59. The van der Waals surface area contributed by atoms with Crippen LogP contribution in [0.1, 0.15) is 42.4 Å². The third-order valence-electron chi connectivity index (χ3n) is 8.20. The van der Waals surface area contributed by atoms with Gasteiger partial charge in [-0.2, -0.15) is 0 Å². The number of phenols is 1. The lowest BCUT2D eigenvalue weighted by Gasteiger charge is -2.23. The van der Waals surface area contributed by atoms with E-state index >= 15 is 0 Å². The van der Waals surface area contributed by atoms with Gasteiger partial charge in [0.2, 0.25) is 0 Å². The van der Waals surface area contributed by atoms with Crippen molar-refractivity contribution in [2.75, 3.05) is 27.2 Å².